The van der Waals surface area contributed by atoms with Crippen LogP contribution in [0.2, 0.25) is 0 Å². The zero-order valence-corrected chi connectivity index (χ0v) is 17.0. The summed E-state index contributed by atoms with van der Waals surface area (Å²) in [5.74, 6) is 0. The second kappa shape index (κ2) is 7.78. The molecule has 4 nitrogen and oxygen atoms in total. The number of benzene rings is 1. The highest BCUT2D eigenvalue weighted by atomic mass is 35.5. The van der Waals surface area contributed by atoms with E-state index in [4.69, 9.17) is 0 Å². The van der Waals surface area contributed by atoms with Crippen molar-refractivity contribution in [1.29, 1.82) is 0 Å². The molecule has 0 unspecified atom stereocenters. The van der Waals surface area contributed by atoms with Crippen molar-refractivity contribution in [2.75, 3.05) is 31.1 Å². The van der Waals surface area contributed by atoms with Crippen LogP contribution in [0.1, 0.15) is 36.5 Å². The first kappa shape index (κ1) is 21.9. The number of nitrogens with one attached hydrogen (secondary N) is 1. The lowest BCUT2D eigenvalue weighted by molar-refractivity contribution is -0.137. The van der Waals surface area contributed by atoms with Crippen LogP contribution in [-0.4, -0.2) is 36.3 Å². The van der Waals surface area contributed by atoms with E-state index in [0.29, 0.717) is 24.2 Å². The minimum Gasteiger partial charge on any atom is -0.380 e. The fraction of sp³-hybridized carbons (Fsp3) is 0.476. The fourth-order valence-corrected chi connectivity index (χ4v) is 4.29. The van der Waals surface area contributed by atoms with Crippen molar-refractivity contribution in [2.45, 2.75) is 31.5 Å². The lowest BCUT2D eigenvalue weighted by atomic mass is 9.63. The number of halogens is 4. The Balaban J connectivity index is 0.00000240. The Hall–Kier alpha value is -1.83. The third-order valence-electron chi connectivity index (χ3n) is 6.15. The van der Waals surface area contributed by atoms with Crippen molar-refractivity contribution in [2.24, 2.45) is 5.41 Å². The average Bonchev–Trinajstić information content (AvgIpc) is 3.20. The van der Waals surface area contributed by atoms with Crippen LogP contribution >= 0.6 is 12.4 Å². The average molecular weight is 428 g/mol. The van der Waals surface area contributed by atoms with E-state index >= 15 is 0 Å². The van der Waals surface area contributed by atoms with Crippen LogP contribution in [0.15, 0.2) is 42.7 Å². The van der Waals surface area contributed by atoms with Crippen LogP contribution in [0, 0.1) is 5.41 Å². The van der Waals surface area contributed by atoms with Crippen LogP contribution in [0.25, 0.3) is 0 Å². The van der Waals surface area contributed by atoms with Crippen molar-refractivity contribution in [3.63, 3.8) is 0 Å². The summed E-state index contributed by atoms with van der Waals surface area (Å²) in [6.45, 7) is 4.98. The van der Waals surface area contributed by atoms with E-state index in [1.54, 1.807) is 12.4 Å². The number of pyridine rings is 1. The van der Waals surface area contributed by atoms with Gasteiger partial charge in [-0.1, -0.05) is 19.1 Å². The van der Waals surface area contributed by atoms with Gasteiger partial charge in [0.15, 0.2) is 0 Å². The van der Waals surface area contributed by atoms with Gasteiger partial charge in [0.1, 0.15) is 5.60 Å². The summed E-state index contributed by atoms with van der Waals surface area (Å²) >= 11 is 0. The van der Waals surface area contributed by atoms with Gasteiger partial charge in [-0.05, 0) is 36.6 Å². The van der Waals surface area contributed by atoms with Gasteiger partial charge in [0.2, 0.25) is 0 Å². The summed E-state index contributed by atoms with van der Waals surface area (Å²) in [6.07, 6.45) is 1.24. The van der Waals surface area contributed by atoms with E-state index in [-0.39, 0.29) is 12.4 Å². The molecule has 1 aromatic carbocycles. The Morgan fingerprint density at radius 1 is 1.00 bits per heavy atom. The van der Waals surface area contributed by atoms with Crippen LogP contribution in [0.3, 0.4) is 0 Å². The van der Waals surface area contributed by atoms with Crippen LogP contribution in [0.5, 0.6) is 0 Å². The minimum absolute atomic E-state index is 0. The summed E-state index contributed by atoms with van der Waals surface area (Å²) < 4.78 is 39.0. The second-order valence-electron chi connectivity index (χ2n) is 8.08. The smallest absolute Gasteiger partial charge is 0.380 e. The molecule has 2 fully saturated rings. The number of aromatic nitrogens is 1. The molecule has 4 rings (SSSR count). The minimum atomic E-state index is -4.41. The number of anilines is 1. The SMILES string of the molecule is CC1([C@](O)(c2ccc(C(F)(F)F)cc2)c2cncc(N3CCCC3)c2)CNC1.Cl. The monoisotopic (exact) mass is 427 g/mol. The summed E-state index contributed by atoms with van der Waals surface area (Å²) in [5, 5.41) is 15.1. The number of alkyl halides is 3. The van der Waals surface area contributed by atoms with Crippen molar-refractivity contribution >= 4 is 18.1 Å². The Labute approximate surface area is 174 Å². The van der Waals surface area contributed by atoms with Gasteiger partial charge in [-0.3, -0.25) is 4.98 Å². The number of aliphatic hydroxyl groups is 1. The maximum atomic E-state index is 13.0. The molecule has 1 atom stereocenters. The molecule has 2 aliphatic heterocycles. The predicted octanol–water partition coefficient (Wildman–Crippen LogP) is 3.97. The fourth-order valence-electron chi connectivity index (χ4n) is 4.29. The molecule has 158 valence electrons. The topological polar surface area (TPSA) is 48.4 Å². The molecule has 8 heteroatoms. The van der Waals surface area contributed by atoms with E-state index in [1.807, 2.05) is 13.0 Å². The van der Waals surface area contributed by atoms with Gasteiger partial charge in [0, 0.05) is 43.4 Å². The Morgan fingerprint density at radius 3 is 2.10 bits per heavy atom. The molecule has 0 amide bonds. The van der Waals surface area contributed by atoms with Gasteiger partial charge >= 0.3 is 6.18 Å². The molecule has 2 N–H and O–H groups in total. The molecule has 3 heterocycles. The zero-order chi connectivity index (χ0) is 20.0. The molecule has 0 spiro atoms. The lowest BCUT2D eigenvalue weighted by Crippen LogP contribution is -2.63. The largest absolute Gasteiger partial charge is 0.416 e. The number of hydrogen-bond donors (Lipinski definition) is 2. The molecule has 2 aromatic rings. The molecular weight excluding hydrogens is 403 g/mol. The van der Waals surface area contributed by atoms with Crippen molar-refractivity contribution in [1.82, 2.24) is 10.3 Å². The van der Waals surface area contributed by atoms with Crippen LogP contribution in [-0.2, 0) is 11.8 Å². The predicted molar refractivity (Wildman–Crippen MR) is 108 cm³/mol. The van der Waals surface area contributed by atoms with E-state index in [1.165, 1.54) is 12.1 Å². The summed E-state index contributed by atoms with van der Waals surface area (Å²) in [4.78, 5) is 6.57. The maximum Gasteiger partial charge on any atom is 0.416 e. The quantitative estimate of drug-likeness (QED) is 0.775. The third kappa shape index (κ3) is 3.71. The van der Waals surface area contributed by atoms with E-state index in [9.17, 15) is 18.3 Å². The molecule has 1 aromatic heterocycles. The summed E-state index contributed by atoms with van der Waals surface area (Å²) in [5.41, 5.74) is -0.704. The Kier molecular flexibility index (Phi) is 5.87. The van der Waals surface area contributed by atoms with Gasteiger partial charge in [-0.25, -0.2) is 0 Å². The van der Waals surface area contributed by atoms with Crippen LogP contribution < -0.4 is 10.2 Å². The Bertz CT molecular complexity index is 849. The maximum absolute atomic E-state index is 13.0. The van der Waals surface area contributed by atoms with Crippen molar-refractivity contribution < 1.29 is 18.3 Å². The molecule has 0 bridgehead atoms. The van der Waals surface area contributed by atoms with Gasteiger partial charge in [0.05, 0.1) is 17.4 Å². The molecule has 29 heavy (non-hydrogen) atoms. The standard InChI is InChI=1S/C21H24F3N3O.ClH/c1-19(13-26-14-19)20(28,15-4-6-16(7-5-15)21(22,23)24)17-10-18(12-25-11-17)27-8-2-3-9-27;/h4-7,10-12,26,28H,2-3,8-9,13-14H2,1H3;1H/t20-;/m0./s1. The van der Waals surface area contributed by atoms with Crippen molar-refractivity contribution in [3.8, 4) is 0 Å². The first-order chi connectivity index (χ1) is 13.2. The zero-order valence-electron chi connectivity index (χ0n) is 16.2. The first-order valence-electron chi connectivity index (χ1n) is 9.55. The Morgan fingerprint density at radius 2 is 1.59 bits per heavy atom. The number of nitrogens with zero attached hydrogens (tertiary/aromatic N) is 2. The number of hydrogen-bond acceptors (Lipinski definition) is 4. The van der Waals surface area contributed by atoms with Crippen LogP contribution in [0.4, 0.5) is 18.9 Å². The van der Waals surface area contributed by atoms with E-state index in [0.717, 1.165) is 43.8 Å². The van der Waals surface area contributed by atoms with Gasteiger partial charge < -0.3 is 15.3 Å². The molecular formula is C21H25ClF3N3O. The second-order valence-corrected chi connectivity index (χ2v) is 8.08. The van der Waals surface area contributed by atoms with Gasteiger partial charge in [-0.2, -0.15) is 13.2 Å². The third-order valence-corrected chi connectivity index (χ3v) is 6.15. The highest BCUT2D eigenvalue weighted by Gasteiger charge is 2.53. The summed E-state index contributed by atoms with van der Waals surface area (Å²) in [7, 11) is 0. The van der Waals surface area contributed by atoms with Gasteiger partial charge in [0.25, 0.3) is 0 Å². The molecule has 0 saturated carbocycles. The summed E-state index contributed by atoms with van der Waals surface area (Å²) in [6, 6.07) is 6.77. The molecule has 2 saturated heterocycles. The molecule has 0 radical (unpaired) electrons. The highest BCUT2D eigenvalue weighted by molar-refractivity contribution is 5.85. The van der Waals surface area contributed by atoms with E-state index < -0.39 is 22.8 Å². The first-order valence-corrected chi connectivity index (χ1v) is 9.55. The molecule has 0 aliphatic carbocycles. The lowest BCUT2D eigenvalue weighted by Gasteiger charge is -2.52. The van der Waals surface area contributed by atoms with Crippen molar-refractivity contribution in [3.05, 3.63) is 59.4 Å². The normalized spacial score (nSPS) is 20.5. The van der Waals surface area contributed by atoms with E-state index in [2.05, 4.69) is 15.2 Å². The highest BCUT2D eigenvalue weighted by Crippen LogP contribution is 2.48. The molecule has 2 aliphatic rings. The van der Waals surface area contributed by atoms with Gasteiger partial charge in [-0.15, -0.1) is 12.4 Å². The number of rotatable bonds is 4.